The largest absolute Gasteiger partial charge is 0.480 e. The van der Waals surface area contributed by atoms with Crippen LogP contribution in [-0.4, -0.2) is 23.0 Å². The Hall–Kier alpha value is -2.41. The number of halogens is 1. The molecule has 0 aliphatic heterocycles. The molecule has 3 rings (SSSR count). The number of nitrogens with one attached hydrogen (secondary N) is 1. The van der Waals surface area contributed by atoms with Crippen molar-refractivity contribution in [2.45, 2.75) is 12.5 Å². The van der Waals surface area contributed by atoms with Gasteiger partial charge in [0, 0.05) is 15.6 Å². The third kappa shape index (κ3) is 4.17. The first kappa shape index (κ1) is 17.4. The average molecular weight is 445 g/mol. The molecule has 0 spiro atoms. The first-order valence-corrected chi connectivity index (χ1v) is 8.88. The summed E-state index contributed by atoms with van der Waals surface area (Å²) in [6.07, 6.45) is 0.239. The van der Waals surface area contributed by atoms with E-state index in [0.29, 0.717) is 5.56 Å². The second kappa shape index (κ2) is 7.65. The zero-order chi connectivity index (χ0) is 17.8. The lowest BCUT2D eigenvalue weighted by Crippen LogP contribution is -2.42. The number of fused-ring (bicyclic) bond motifs is 1. The highest BCUT2D eigenvalue weighted by molar-refractivity contribution is 14.1. The van der Waals surface area contributed by atoms with Crippen molar-refractivity contribution >= 4 is 45.2 Å². The maximum absolute atomic E-state index is 12.7. The average Bonchev–Trinajstić information content (AvgIpc) is 2.60. The van der Waals surface area contributed by atoms with Gasteiger partial charge in [0.1, 0.15) is 6.04 Å². The zero-order valence-electron chi connectivity index (χ0n) is 13.3. The van der Waals surface area contributed by atoms with Crippen molar-refractivity contribution in [3.05, 3.63) is 81.4 Å². The maximum atomic E-state index is 12.7. The number of benzene rings is 3. The summed E-state index contributed by atoms with van der Waals surface area (Å²) in [5.74, 6) is -1.43. The van der Waals surface area contributed by atoms with Crippen molar-refractivity contribution in [2.75, 3.05) is 0 Å². The van der Waals surface area contributed by atoms with Gasteiger partial charge in [-0.2, -0.15) is 0 Å². The van der Waals surface area contributed by atoms with E-state index in [1.165, 1.54) is 0 Å². The molecule has 0 radical (unpaired) electrons. The molecule has 0 bridgehead atoms. The van der Waals surface area contributed by atoms with Gasteiger partial charge in [-0.15, -0.1) is 0 Å². The number of amides is 1. The Morgan fingerprint density at radius 2 is 1.72 bits per heavy atom. The molecule has 0 unspecified atom stereocenters. The van der Waals surface area contributed by atoms with E-state index >= 15 is 0 Å². The van der Waals surface area contributed by atoms with Crippen LogP contribution in [0.4, 0.5) is 0 Å². The summed E-state index contributed by atoms with van der Waals surface area (Å²) in [7, 11) is 0. The fourth-order valence-electron chi connectivity index (χ4n) is 2.76. The highest BCUT2D eigenvalue weighted by Crippen LogP contribution is 2.19. The molecule has 2 N–H and O–H groups in total. The van der Waals surface area contributed by atoms with Crippen molar-refractivity contribution in [2.24, 2.45) is 0 Å². The van der Waals surface area contributed by atoms with E-state index in [4.69, 9.17) is 0 Å². The lowest BCUT2D eigenvalue weighted by molar-refractivity contribution is -0.139. The molecule has 0 aliphatic carbocycles. The molecule has 0 aliphatic rings. The lowest BCUT2D eigenvalue weighted by Gasteiger charge is -2.16. The Labute approximate surface area is 159 Å². The van der Waals surface area contributed by atoms with Gasteiger partial charge in [-0.25, -0.2) is 4.79 Å². The number of aliphatic carboxylic acids is 1. The molecule has 3 aromatic carbocycles. The molecule has 5 heteroatoms. The molecule has 0 saturated carbocycles. The Kier molecular flexibility index (Phi) is 5.33. The van der Waals surface area contributed by atoms with Gasteiger partial charge in [-0.1, -0.05) is 48.5 Å². The van der Waals surface area contributed by atoms with E-state index in [9.17, 15) is 14.7 Å². The zero-order valence-corrected chi connectivity index (χ0v) is 15.4. The molecule has 0 heterocycles. The van der Waals surface area contributed by atoms with Crippen LogP contribution < -0.4 is 5.32 Å². The molecular formula is C20H16INO3. The van der Waals surface area contributed by atoms with Crippen molar-refractivity contribution < 1.29 is 14.7 Å². The monoisotopic (exact) mass is 445 g/mol. The van der Waals surface area contributed by atoms with Crippen LogP contribution in [0.25, 0.3) is 10.8 Å². The summed E-state index contributed by atoms with van der Waals surface area (Å²) in [4.78, 5) is 24.3. The smallest absolute Gasteiger partial charge is 0.326 e. The number of carboxylic acids is 1. The Morgan fingerprint density at radius 1 is 1.00 bits per heavy atom. The van der Waals surface area contributed by atoms with Crippen LogP contribution in [0.15, 0.2) is 66.7 Å². The molecule has 4 nitrogen and oxygen atoms in total. The molecule has 0 saturated heterocycles. The van der Waals surface area contributed by atoms with E-state index in [2.05, 4.69) is 27.9 Å². The minimum atomic E-state index is -1.05. The van der Waals surface area contributed by atoms with E-state index < -0.39 is 12.0 Å². The van der Waals surface area contributed by atoms with Crippen LogP contribution in [0, 0.1) is 3.57 Å². The van der Waals surface area contributed by atoms with Crippen LogP contribution in [0.5, 0.6) is 0 Å². The third-order valence-electron chi connectivity index (χ3n) is 3.97. The second-order valence-corrected chi connectivity index (χ2v) is 6.97. The standard InChI is InChI=1S/C20H16INO3/c21-15-8-3-5-13(11-15)12-18(20(24)25)22-19(23)17-10-4-7-14-6-1-2-9-16(14)17/h1-11,18H,12H2,(H,22,23)(H,24,25)/t18-/m1/s1. The fraction of sp³-hybridized carbons (Fsp3) is 0.100. The van der Waals surface area contributed by atoms with Crippen molar-refractivity contribution in [1.29, 1.82) is 0 Å². The van der Waals surface area contributed by atoms with Gasteiger partial charge in [-0.3, -0.25) is 4.79 Å². The van der Waals surface area contributed by atoms with E-state index in [0.717, 1.165) is 19.9 Å². The number of hydrogen-bond donors (Lipinski definition) is 2. The minimum Gasteiger partial charge on any atom is -0.480 e. The van der Waals surface area contributed by atoms with Gasteiger partial charge in [0.2, 0.25) is 0 Å². The van der Waals surface area contributed by atoms with Gasteiger partial charge >= 0.3 is 5.97 Å². The topological polar surface area (TPSA) is 66.4 Å². The number of carbonyl (C=O) groups excluding carboxylic acids is 1. The first-order chi connectivity index (χ1) is 12.0. The predicted octanol–water partition coefficient (Wildman–Crippen LogP) is 3.87. The Morgan fingerprint density at radius 3 is 2.48 bits per heavy atom. The molecule has 126 valence electrons. The normalized spacial score (nSPS) is 11.9. The molecule has 3 aromatic rings. The maximum Gasteiger partial charge on any atom is 0.326 e. The Bertz CT molecular complexity index is 934. The molecule has 1 atom stereocenters. The highest BCUT2D eigenvalue weighted by atomic mass is 127. The molecule has 0 fully saturated rings. The van der Waals surface area contributed by atoms with Crippen LogP contribution in [-0.2, 0) is 11.2 Å². The van der Waals surface area contributed by atoms with Crippen LogP contribution >= 0.6 is 22.6 Å². The molecular weight excluding hydrogens is 429 g/mol. The Balaban J connectivity index is 1.84. The molecule has 0 aromatic heterocycles. The number of carbonyl (C=O) groups is 2. The summed E-state index contributed by atoms with van der Waals surface area (Å²) in [6, 6.07) is 19.6. The number of hydrogen-bond acceptors (Lipinski definition) is 2. The summed E-state index contributed by atoms with van der Waals surface area (Å²) in [5, 5.41) is 13.9. The SMILES string of the molecule is O=C(N[C@H](Cc1cccc(I)c1)C(=O)O)c1cccc2ccccc12. The number of carboxylic acid groups (broad SMARTS) is 1. The van der Waals surface area contributed by atoms with Gasteiger partial charge in [0.15, 0.2) is 0 Å². The lowest BCUT2D eigenvalue weighted by atomic mass is 10.0. The van der Waals surface area contributed by atoms with Gasteiger partial charge in [-0.05, 0) is 57.1 Å². The van der Waals surface area contributed by atoms with E-state index in [1.54, 1.807) is 12.1 Å². The summed E-state index contributed by atoms with van der Waals surface area (Å²) < 4.78 is 1.03. The number of rotatable bonds is 5. The summed E-state index contributed by atoms with van der Waals surface area (Å²) in [6.45, 7) is 0. The van der Waals surface area contributed by atoms with Crippen molar-refractivity contribution in [1.82, 2.24) is 5.32 Å². The highest BCUT2D eigenvalue weighted by Gasteiger charge is 2.22. The van der Waals surface area contributed by atoms with Gasteiger partial charge in [0.05, 0.1) is 0 Å². The van der Waals surface area contributed by atoms with E-state index in [-0.39, 0.29) is 12.3 Å². The predicted molar refractivity (Wildman–Crippen MR) is 106 cm³/mol. The quantitative estimate of drug-likeness (QED) is 0.587. The van der Waals surface area contributed by atoms with E-state index in [1.807, 2.05) is 54.6 Å². The minimum absolute atomic E-state index is 0.239. The fourth-order valence-corrected chi connectivity index (χ4v) is 3.37. The van der Waals surface area contributed by atoms with Gasteiger partial charge < -0.3 is 10.4 Å². The van der Waals surface area contributed by atoms with Crippen LogP contribution in [0.1, 0.15) is 15.9 Å². The first-order valence-electron chi connectivity index (χ1n) is 7.80. The summed E-state index contributed by atoms with van der Waals surface area (Å²) in [5.41, 5.74) is 1.35. The molecule has 25 heavy (non-hydrogen) atoms. The third-order valence-corrected chi connectivity index (χ3v) is 4.64. The van der Waals surface area contributed by atoms with Crippen molar-refractivity contribution in [3.63, 3.8) is 0 Å². The summed E-state index contributed by atoms with van der Waals surface area (Å²) >= 11 is 2.18. The van der Waals surface area contributed by atoms with Crippen LogP contribution in [0.3, 0.4) is 0 Å². The second-order valence-electron chi connectivity index (χ2n) is 5.73. The van der Waals surface area contributed by atoms with Gasteiger partial charge in [0.25, 0.3) is 5.91 Å². The van der Waals surface area contributed by atoms with Crippen molar-refractivity contribution in [3.8, 4) is 0 Å². The van der Waals surface area contributed by atoms with Crippen LogP contribution in [0.2, 0.25) is 0 Å². The molecule has 1 amide bonds.